The van der Waals surface area contributed by atoms with Crippen LogP contribution in [0.15, 0.2) is 27.7 Å². The molecule has 1 aromatic rings. The highest BCUT2D eigenvalue weighted by molar-refractivity contribution is 7.55. The minimum absolute atomic E-state index is 0.0356. The van der Waals surface area contributed by atoms with Crippen molar-refractivity contribution in [2.75, 3.05) is 6.16 Å². The monoisotopic (exact) mass is 410 g/mol. The number of nitrogens with zero attached hydrogens (tertiary/aromatic N) is 1. The molecular formula is C13H20N2O9P2. The highest BCUT2D eigenvalue weighted by Gasteiger charge is 2.40. The van der Waals surface area contributed by atoms with E-state index in [1.54, 1.807) is 0 Å². The molecule has 0 bridgehead atoms. The number of rotatable bonds is 6. The van der Waals surface area contributed by atoms with Gasteiger partial charge in [-0.1, -0.05) is 6.92 Å². The van der Waals surface area contributed by atoms with Gasteiger partial charge < -0.3 is 23.9 Å². The molecule has 4 atom stereocenters. The van der Waals surface area contributed by atoms with Crippen LogP contribution >= 0.6 is 15.2 Å². The molecule has 0 radical (unpaired) electrons. The Hall–Kier alpha value is -1.32. The van der Waals surface area contributed by atoms with E-state index in [4.69, 9.17) is 19.0 Å². The van der Waals surface area contributed by atoms with Crippen LogP contribution in [-0.4, -0.2) is 42.6 Å². The van der Waals surface area contributed by atoms with Gasteiger partial charge in [-0.05, 0) is 13.0 Å². The normalized spacial score (nSPS) is 26.3. The Bertz CT molecular complexity index is 900. The molecule has 1 saturated heterocycles. The summed E-state index contributed by atoms with van der Waals surface area (Å²) in [4.78, 5) is 53.2. The number of hydrogen-bond donors (Lipinski definition) is 4. The molecule has 4 unspecified atom stereocenters. The van der Waals surface area contributed by atoms with Crippen LogP contribution in [0, 0.1) is 6.92 Å². The van der Waals surface area contributed by atoms with E-state index < -0.39 is 44.9 Å². The number of nitrogens with one attached hydrogen (secondary N) is 1. The molecule has 1 fully saturated rings. The zero-order chi connectivity index (χ0) is 19.7. The van der Waals surface area contributed by atoms with Crippen LogP contribution in [0.25, 0.3) is 0 Å². The molecule has 0 saturated carbocycles. The molecule has 2 rings (SSSR count). The van der Waals surface area contributed by atoms with Gasteiger partial charge in [0.05, 0.1) is 0 Å². The molecular weight excluding hydrogens is 390 g/mol. The third-order valence-electron chi connectivity index (χ3n) is 3.74. The molecule has 13 heteroatoms. The van der Waals surface area contributed by atoms with E-state index in [-0.39, 0.29) is 18.1 Å². The van der Waals surface area contributed by atoms with Crippen LogP contribution in [0.3, 0.4) is 0 Å². The van der Waals surface area contributed by atoms with Gasteiger partial charge in [-0.2, -0.15) is 0 Å². The summed E-state index contributed by atoms with van der Waals surface area (Å²) in [6, 6.07) is 0. The van der Waals surface area contributed by atoms with Gasteiger partial charge in [-0.15, -0.1) is 0 Å². The summed E-state index contributed by atoms with van der Waals surface area (Å²) in [6.07, 6.45) is -0.934. The van der Waals surface area contributed by atoms with E-state index >= 15 is 0 Å². The van der Waals surface area contributed by atoms with Crippen LogP contribution in [0.1, 0.15) is 25.1 Å². The summed E-state index contributed by atoms with van der Waals surface area (Å²) in [6.45, 7) is 2.94. The summed E-state index contributed by atoms with van der Waals surface area (Å²) in [7, 11) is -8.41. The Labute approximate surface area is 148 Å². The van der Waals surface area contributed by atoms with Crippen molar-refractivity contribution in [3.63, 3.8) is 0 Å². The second-order valence-corrected chi connectivity index (χ2v) is 9.39. The smallest absolute Gasteiger partial charge is 0.348 e. The lowest BCUT2D eigenvalue weighted by Crippen LogP contribution is -2.33. The van der Waals surface area contributed by atoms with Crippen LogP contribution in [0.4, 0.5) is 0 Å². The molecule has 0 aliphatic carbocycles. The summed E-state index contributed by atoms with van der Waals surface area (Å²) in [5.41, 5.74) is -1.05. The van der Waals surface area contributed by atoms with E-state index in [0.717, 1.165) is 10.6 Å². The fraction of sp³-hybridized carbons (Fsp3) is 0.538. The van der Waals surface area contributed by atoms with E-state index in [0.29, 0.717) is 5.82 Å². The molecule has 11 nitrogen and oxygen atoms in total. The van der Waals surface area contributed by atoms with Gasteiger partial charge in [0.15, 0.2) is 0 Å². The average Bonchev–Trinajstić information content (AvgIpc) is 2.90. The molecule has 0 amide bonds. The maximum Gasteiger partial charge on any atom is 0.348 e. The summed E-state index contributed by atoms with van der Waals surface area (Å²) < 4.78 is 34.7. The van der Waals surface area contributed by atoms with Crippen molar-refractivity contribution >= 4 is 15.2 Å². The van der Waals surface area contributed by atoms with Gasteiger partial charge in [0.25, 0.3) is 5.56 Å². The maximum absolute atomic E-state index is 12.0. The fourth-order valence-electron chi connectivity index (χ4n) is 2.39. The van der Waals surface area contributed by atoms with Gasteiger partial charge in [-0.3, -0.25) is 23.5 Å². The first-order valence-electron chi connectivity index (χ1n) is 7.64. The van der Waals surface area contributed by atoms with Crippen molar-refractivity contribution in [2.45, 2.75) is 38.7 Å². The minimum Gasteiger partial charge on any atom is -0.348 e. The third kappa shape index (κ3) is 5.34. The SMILES string of the molecule is CCP(=O)(O)OC1CC(n2cc(C)c(=O)[nH]c2=O)OC1/C=C/P(=O)(O)O. The standard InChI is InChI=1S/C13H20N2O9P2/c1-3-26(21,22)24-10-6-11(23-9(10)4-5-25(18,19)20)15-7-8(2)12(16)14-13(15)17/h4-5,7,9-11H,3,6H2,1-2H3,(H,21,22)(H,14,16,17)(H2,18,19,20)/b5-4+. The van der Waals surface area contributed by atoms with Crippen molar-refractivity contribution in [3.8, 4) is 0 Å². The predicted molar refractivity (Wildman–Crippen MR) is 91.0 cm³/mol. The lowest BCUT2D eigenvalue weighted by molar-refractivity contribution is 0.00679. The second kappa shape index (κ2) is 7.74. The maximum atomic E-state index is 12.0. The lowest BCUT2D eigenvalue weighted by Gasteiger charge is -2.18. The number of ether oxygens (including phenoxy) is 1. The molecule has 1 aliphatic rings. The van der Waals surface area contributed by atoms with E-state index in [9.17, 15) is 23.6 Å². The van der Waals surface area contributed by atoms with Crippen LogP contribution in [0.2, 0.25) is 0 Å². The highest BCUT2D eigenvalue weighted by Crippen LogP contribution is 2.47. The second-order valence-electron chi connectivity index (χ2n) is 5.80. The molecule has 0 spiro atoms. The lowest BCUT2D eigenvalue weighted by atomic mass is 10.2. The van der Waals surface area contributed by atoms with Crippen LogP contribution in [0.5, 0.6) is 0 Å². The molecule has 4 N–H and O–H groups in total. The molecule has 26 heavy (non-hydrogen) atoms. The summed E-state index contributed by atoms with van der Waals surface area (Å²) >= 11 is 0. The van der Waals surface area contributed by atoms with Crippen LogP contribution < -0.4 is 11.2 Å². The Morgan fingerprint density at radius 1 is 1.38 bits per heavy atom. The predicted octanol–water partition coefficient (Wildman–Crippen LogP) is 0.414. The minimum atomic E-state index is -4.48. The van der Waals surface area contributed by atoms with Gasteiger partial charge in [0, 0.05) is 30.2 Å². The molecule has 2 heterocycles. The van der Waals surface area contributed by atoms with E-state index in [1.165, 1.54) is 20.0 Å². The first-order chi connectivity index (χ1) is 11.9. The topological polar surface area (TPSA) is 168 Å². The van der Waals surface area contributed by atoms with Crippen LogP contribution in [-0.2, 0) is 18.4 Å². The van der Waals surface area contributed by atoms with Crippen molar-refractivity contribution in [3.05, 3.63) is 44.5 Å². The average molecular weight is 410 g/mol. The molecule has 0 aromatic carbocycles. The number of aryl methyl sites for hydroxylation is 1. The van der Waals surface area contributed by atoms with E-state index in [2.05, 4.69) is 4.98 Å². The Morgan fingerprint density at radius 3 is 2.62 bits per heavy atom. The zero-order valence-corrected chi connectivity index (χ0v) is 15.8. The molecule has 146 valence electrons. The molecule has 1 aliphatic heterocycles. The number of H-pyrrole nitrogens is 1. The first-order valence-corrected chi connectivity index (χ1v) is 11.1. The largest absolute Gasteiger partial charge is 0.348 e. The number of aromatic amines is 1. The Balaban J connectivity index is 2.35. The van der Waals surface area contributed by atoms with Crippen molar-refractivity contribution < 1.29 is 33.1 Å². The Kier molecular flexibility index (Phi) is 6.24. The quantitative estimate of drug-likeness (QED) is 0.486. The first kappa shape index (κ1) is 21.0. The van der Waals surface area contributed by atoms with Gasteiger partial charge in [0.2, 0.25) is 0 Å². The van der Waals surface area contributed by atoms with Crippen molar-refractivity contribution in [1.82, 2.24) is 9.55 Å². The van der Waals surface area contributed by atoms with Gasteiger partial charge >= 0.3 is 20.9 Å². The third-order valence-corrected chi connectivity index (χ3v) is 5.70. The highest BCUT2D eigenvalue weighted by atomic mass is 31.2. The molecule has 1 aromatic heterocycles. The van der Waals surface area contributed by atoms with Gasteiger partial charge in [-0.25, -0.2) is 4.79 Å². The van der Waals surface area contributed by atoms with Gasteiger partial charge in [0.1, 0.15) is 18.4 Å². The van der Waals surface area contributed by atoms with E-state index in [1.807, 2.05) is 0 Å². The summed E-state index contributed by atoms with van der Waals surface area (Å²) in [5, 5.41) is 0. The van der Waals surface area contributed by atoms with Crippen molar-refractivity contribution in [2.24, 2.45) is 0 Å². The fourth-order valence-corrected chi connectivity index (χ4v) is 3.56. The Morgan fingerprint density at radius 2 is 2.04 bits per heavy atom. The number of aromatic nitrogens is 2. The number of hydrogen-bond acceptors (Lipinski definition) is 6. The zero-order valence-electron chi connectivity index (χ0n) is 14.0. The summed E-state index contributed by atoms with van der Waals surface area (Å²) in [5.74, 6) is 0.603. The van der Waals surface area contributed by atoms with Crippen molar-refractivity contribution in [1.29, 1.82) is 0 Å².